The monoisotopic (exact) mass is 333 g/mol. The van der Waals surface area contributed by atoms with Crippen LogP contribution in [0.2, 0.25) is 0 Å². The molecule has 7 heteroatoms. The summed E-state index contributed by atoms with van der Waals surface area (Å²) >= 11 is 0. The van der Waals surface area contributed by atoms with E-state index in [0.717, 1.165) is 10.9 Å². The molecule has 1 amide bonds. The van der Waals surface area contributed by atoms with Crippen molar-refractivity contribution in [2.24, 2.45) is 0 Å². The van der Waals surface area contributed by atoms with Crippen molar-refractivity contribution >= 4 is 22.8 Å². The van der Waals surface area contributed by atoms with Crippen molar-refractivity contribution < 1.29 is 23.8 Å². The van der Waals surface area contributed by atoms with Gasteiger partial charge in [-0.05, 0) is 45.4 Å². The molecule has 0 saturated carbocycles. The summed E-state index contributed by atoms with van der Waals surface area (Å²) in [5.74, 6) is -1.28. The van der Waals surface area contributed by atoms with Crippen LogP contribution in [-0.4, -0.2) is 29.6 Å². The van der Waals surface area contributed by atoms with Crippen LogP contribution in [0, 0.1) is 20.8 Å². The van der Waals surface area contributed by atoms with Crippen molar-refractivity contribution in [1.29, 1.82) is 0 Å². The zero-order valence-electron chi connectivity index (χ0n) is 13.9. The fraction of sp³-hybridized carbons (Fsp3) is 0.353. The van der Waals surface area contributed by atoms with Gasteiger partial charge in [-0.15, -0.1) is 0 Å². The van der Waals surface area contributed by atoms with E-state index in [1.165, 1.54) is 6.92 Å². The fourth-order valence-corrected chi connectivity index (χ4v) is 2.30. The van der Waals surface area contributed by atoms with Crippen LogP contribution in [0.4, 0.5) is 0 Å². The minimum Gasteiger partial charge on any atom is -0.480 e. The number of carbonyl (C=O) groups is 2. The van der Waals surface area contributed by atoms with E-state index >= 15 is 0 Å². The molecule has 2 N–H and O–H groups in total. The van der Waals surface area contributed by atoms with Gasteiger partial charge in [-0.3, -0.25) is 9.59 Å². The van der Waals surface area contributed by atoms with Crippen molar-refractivity contribution in [3.05, 3.63) is 39.2 Å². The zero-order chi connectivity index (χ0) is 18.0. The summed E-state index contributed by atoms with van der Waals surface area (Å²) in [5.41, 5.74) is 2.00. The van der Waals surface area contributed by atoms with E-state index in [0.29, 0.717) is 22.5 Å². The summed E-state index contributed by atoms with van der Waals surface area (Å²) in [6.45, 7) is 6.32. The van der Waals surface area contributed by atoms with E-state index in [-0.39, 0.29) is 0 Å². The summed E-state index contributed by atoms with van der Waals surface area (Å²) < 4.78 is 10.9. The number of ether oxygens (including phenoxy) is 1. The van der Waals surface area contributed by atoms with Crippen LogP contribution >= 0.6 is 0 Å². The Morgan fingerprint density at radius 2 is 1.88 bits per heavy atom. The van der Waals surface area contributed by atoms with Gasteiger partial charge in [-0.2, -0.15) is 0 Å². The SMILES string of the molecule is Cc1c(C)c2ccc(OC(C)C(=O)NCC(=O)O)c(C)c2oc1=O. The van der Waals surface area contributed by atoms with Gasteiger partial charge in [0.15, 0.2) is 6.10 Å². The van der Waals surface area contributed by atoms with Gasteiger partial charge in [0.25, 0.3) is 5.91 Å². The predicted octanol–water partition coefficient (Wildman–Crippen LogP) is 1.69. The number of carbonyl (C=O) groups excluding carboxylic acids is 1. The van der Waals surface area contributed by atoms with Crippen LogP contribution in [0.5, 0.6) is 5.75 Å². The maximum atomic E-state index is 11.9. The lowest BCUT2D eigenvalue weighted by Gasteiger charge is -2.17. The van der Waals surface area contributed by atoms with Gasteiger partial charge in [0.05, 0.1) is 0 Å². The Balaban J connectivity index is 2.32. The highest BCUT2D eigenvalue weighted by molar-refractivity contribution is 5.86. The normalized spacial score (nSPS) is 12.0. The molecule has 24 heavy (non-hydrogen) atoms. The number of aliphatic carboxylic acids is 1. The Hall–Kier alpha value is -2.83. The van der Waals surface area contributed by atoms with Gasteiger partial charge in [0.1, 0.15) is 17.9 Å². The van der Waals surface area contributed by atoms with Crippen LogP contribution in [0.25, 0.3) is 11.0 Å². The van der Waals surface area contributed by atoms with Crippen molar-refractivity contribution in [1.82, 2.24) is 5.32 Å². The van der Waals surface area contributed by atoms with E-state index in [4.69, 9.17) is 14.3 Å². The number of benzene rings is 1. The van der Waals surface area contributed by atoms with Crippen molar-refractivity contribution in [2.75, 3.05) is 6.54 Å². The van der Waals surface area contributed by atoms with Gasteiger partial charge in [0.2, 0.25) is 0 Å². The molecule has 7 nitrogen and oxygen atoms in total. The fourth-order valence-electron chi connectivity index (χ4n) is 2.30. The number of rotatable bonds is 5. The molecule has 2 aromatic rings. The molecule has 0 aliphatic heterocycles. The third kappa shape index (κ3) is 3.40. The Morgan fingerprint density at radius 3 is 2.50 bits per heavy atom. The molecule has 1 aromatic heterocycles. The second kappa shape index (κ2) is 6.74. The molecule has 1 aromatic carbocycles. The smallest absolute Gasteiger partial charge is 0.339 e. The van der Waals surface area contributed by atoms with Crippen molar-refractivity contribution in [2.45, 2.75) is 33.8 Å². The molecule has 1 atom stereocenters. The van der Waals surface area contributed by atoms with Crippen LogP contribution in [0.3, 0.4) is 0 Å². The summed E-state index contributed by atoms with van der Waals surface area (Å²) in [5, 5.41) is 11.6. The first-order chi connectivity index (χ1) is 11.2. The van der Waals surface area contributed by atoms with Gasteiger partial charge in [0, 0.05) is 16.5 Å². The Bertz CT molecular complexity index is 867. The lowest BCUT2D eigenvalue weighted by atomic mass is 10.0. The molecular weight excluding hydrogens is 314 g/mol. The number of carboxylic acids is 1. The van der Waals surface area contributed by atoms with E-state index in [2.05, 4.69) is 5.32 Å². The molecule has 0 fully saturated rings. The van der Waals surface area contributed by atoms with Crippen LogP contribution < -0.4 is 15.7 Å². The molecule has 0 bridgehead atoms. The summed E-state index contributed by atoms with van der Waals surface area (Å²) in [4.78, 5) is 34.2. The molecule has 0 aliphatic carbocycles. The molecule has 0 saturated heterocycles. The van der Waals surface area contributed by atoms with Gasteiger partial charge in [-0.25, -0.2) is 4.79 Å². The number of nitrogens with one attached hydrogen (secondary N) is 1. The maximum absolute atomic E-state index is 11.9. The summed E-state index contributed by atoms with van der Waals surface area (Å²) in [6.07, 6.45) is -0.890. The van der Waals surface area contributed by atoms with Gasteiger partial charge < -0.3 is 19.6 Å². The molecule has 1 unspecified atom stereocenters. The zero-order valence-corrected chi connectivity index (χ0v) is 13.9. The topological polar surface area (TPSA) is 106 Å². The molecule has 2 rings (SSSR count). The average Bonchev–Trinajstić information content (AvgIpc) is 2.53. The van der Waals surface area contributed by atoms with E-state index in [9.17, 15) is 14.4 Å². The minimum atomic E-state index is -1.13. The average molecular weight is 333 g/mol. The predicted molar refractivity (Wildman–Crippen MR) is 87.4 cm³/mol. The standard InChI is InChI=1S/C17H19NO6/c1-8-9(2)17(22)24-15-10(3)13(6-5-12(8)15)23-11(4)16(21)18-7-14(19)20/h5-6,11H,7H2,1-4H3,(H,18,21)(H,19,20). The first kappa shape index (κ1) is 17.5. The number of carboxylic acid groups (broad SMARTS) is 1. The van der Waals surface area contributed by atoms with E-state index in [1.54, 1.807) is 26.0 Å². The quantitative estimate of drug-likeness (QED) is 0.807. The number of hydrogen-bond donors (Lipinski definition) is 2. The van der Waals surface area contributed by atoms with Crippen LogP contribution in [-0.2, 0) is 9.59 Å². The van der Waals surface area contributed by atoms with Crippen molar-refractivity contribution in [3.8, 4) is 5.75 Å². The molecule has 0 aliphatic rings. The highest BCUT2D eigenvalue weighted by Crippen LogP contribution is 2.29. The Kier molecular flexibility index (Phi) is 4.92. The first-order valence-corrected chi connectivity index (χ1v) is 7.42. The molecule has 128 valence electrons. The maximum Gasteiger partial charge on any atom is 0.339 e. The highest BCUT2D eigenvalue weighted by Gasteiger charge is 2.18. The summed E-state index contributed by atoms with van der Waals surface area (Å²) in [6, 6.07) is 3.47. The van der Waals surface area contributed by atoms with Crippen molar-refractivity contribution in [3.63, 3.8) is 0 Å². The van der Waals surface area contributed by atoms with Crippen LogP contribution in [0.1, 0.15) is 23.6 Å². The summed E-state index contributed by atoms with van der Waals surface area (Å²) in [7, 11) is 0. The second-order valence-corrected chi connectivity index (χ2v) is 5.58. The highest BCUT2D eigenvalue weighted by atomic mass is 16.5. The molecular formula is C17H19NO6. The third-order valence-electron chi connectivity index (χ3n) is 3.91. The molecule has 0 radical (unpaired) electrons. The molecule has 1 heterocycles. The Morgan fingerprint density at radius 1 is 1.21 bits per heavy atom. The number of hydrogen-bond acceptors (Lipinski definition) is 5. The van der Waals surface area contributed by atoms with E-state index in [1.807, 2.05) is 6.92 Å². The van der Waals surface area contributed by atoms with Gasteiger partial charge in [-0.1, -0.05) is 0 Å². The number of aryl methyl sites for hydroxylation is 2. The van der Waals surface area contributed by atoms with Gasteiger partial charge >= 0.3 is 11.6 Å². The number of fused-ring (bicyclic) bond motifs is 1. The Labute approximate surface area is 138 Å². The lowest BCUT2D eigenvalue weighted by molar-refractivity contribution is -0.139. The first-order valence-electron chi connectivity index (χ1n) is 7.42. The third-order valence-corrected chi connectivity index (χ3v) is 3.91. The second-order valence-electron chi connectivity index (χ2n) is 5.58. The minimum absolute atomic E-state index is 0.395. The lowest BCUT2D eigenvalue weighted by Crippen LogP contribution is -2.39. The number of amides is 1. The van der Waals surface area contributed by atoms with E-state index < -0.39 is 30.2 Å². The largest absolute Gasteiger partial charge is 0.480 e. The molecule has 0 spiro atoms. The van der Waals surface area contributed by atoms with Crippen LogP contribution in [0.15, 0.2) is 21.3 Å².